The van der Waals surface area contributed by atoms with Gasteiger partial charge in [0.25, 0.3) is 0 Å². The lowest BCUT2D eigenvalue weighted by Gasteiger charge is -2.30. The molecule has 0 aliphatic carbocycles. The van der Waals surface area contributed by atoms with Crippen LogP contribution >= 0.6 is 0 Å². The van der Waals surface area contributed by atoms with Crippen molar-refractivity contribution in [3.05, 3.63) is 240 Å². The summed E-state index contributed by atoms with van der Waals surface area (Å²) < 4.78 is 42.2. The second-order valence-electron chi connectivity index (χ2n) is 24.1. The summed E-state index contributed by atoms with van der Waals surface area (Å²) in [6.07, 6.45) is 7.87. The van der Waals surface area contributed by atoms with Gasteiger partial charge in [0.1, 0.15) is 60.7 Å². The van der Waals surface area contributed by atoms with Crippen molar-refractivity contribution in [1.29, 1.82) is 0 Å². The summed E-state index contributed by atoms with van der Waals surface area (Å²) in [7, 11) is 0. The Labute approximate surface area is 543 Å². The number of nitrogens with zero attached hydrogens (tertiary/aromatic N) is 4. The largest absolute Gasteiger partial charge is 0.493 e. The van der Waals surface area contributed by atoms with Gasteiger partial charge in [-0.15, -0.1) is 0 Å². The first-order chi connectivity index (χ1) is 46.5. The van der Waals surface area contributed by atoms with E-state index in [9.17, 15) is 0 Å². The Morgan fingerprint density at radius 2 is 0.691 bits per heavy atom. The second-order valence-corrected chi connectivity index (χ2v) is 24.1. The van der Waals surface area contributed by atoms with Crippen molar-refractivity contribution in [3.63, 3.8) is 0 Å². The molecule has 0 saturated heterocycles. The van der Waals surface area contributed by atoms with Crippen molar-refractivity contribution in [2.45, 2.75) is 66.0 Å². The van der Waals surface area contributed by atoms with Crippen LogP contribution in [0.25, 0.3) is 134 Å². The zero-order valence-corrected chi connectivity index (χ0v) is 52.1. The molecule has 458 valence electrons. The maximum atomic E-state index is 7.08. The topological polar surface area (TPSA) is 139 Å². The second kappa shape index (κ2) is 23.9. The van der Waals surface area contributed by atoms with E-state index in [4.69, 9.17) is 48.4 Å². The van der Waals surface area contributed by atoms with E-state index in [0.717, 1.165) is 147 Å². The molecule has 12 heteroatoms. The number of hydrogen-bond acceptors (Lipinski definition) is 10. The molecule has 0 spiro atoms. The summed E-state index contributed by atoms with van der Waals surface area (Å²) in [4.78, 5) is 30.6. The lowest BCUT2D eigenvalue weighted by molar-refractivity contribution is 0.204. The molecular formula is C82H64N6O6. The fourth-order valence-electron chi connectivity index (χ4n) is 13.8. The average Bonchev–Trinajstić information content (AvgIpc) is 1.36. The number of nitrogens with one attached hydrogen (secondary N) is 2. The van der Waals surface area contributed by atoms with Gasteiger partial charge in [-0.1, -0.05) is 197 Å². The quantitative estimate of drug-likeness (QED) is 0.0898. The van der Waals surface area contributed by atoms with Crippen molar-refractivity contribution in [2.24, 2.45) is 0 Å². The maximum Gasteiger partial charge on any atom is 0.170 e. The van der Waals surface area contributed by atoms with Crippen LogP contribution in [0.3, 0.4) is 0 Å². The third kappa shape index (κ3) is 9.83. The molecule has 4 aliphatic heterocycles. The summed E-state index contributed by atoms with van der Waals surface area (Å²) in [5.41, 5.74) is 19.9. The van der Waals surface area contributed by atoms with E-state index in [2.05, 4.69) is 194 Å². The minimum atomic E-state index is 0.144. The van der Waals surface area contributed by atoms with Gasteiger partial charge in [0.05, 0.1) is 35.6 Å². The molecule has 8 heterocycles. The first kappa shape index (κ1) is 56.5. The van der Waals surface area contributed by atoms with Crippen molar-refractivity contribution in [3.8, 4) is 102 Å². The van der Waals surface area contributed by atoms with Crippen LogP contribution in [-0.4, -0.2) is 43.1 Å². The summed E-state index contributed by atoms with van der Waals surface area (Å²) in [5, 5.41) is 4.16. The van der Waals surface area contributed by atoms with Crippen molar-refractivity contribution in [1.82, 2.24) is 29.9 Å². The average molecular weight is 1230 g/mol. The molecule has 0 radical (unpaired) electrons. The number of H-pyrrole nitrogens is 2. The molecule has 4 aliphatic rings. The van der Waals surface area contributed by atoms with Crippen molar-refractivity contribution >= 4 is 66.8 Å². The van der Waals surface area contributed by atoms with Crippen LogP contribution < -0.4 is 28.4 Å². The fraction of sp³-hybridized carbons (Fsp3) is 0.146. The maximum absolute atomic E-state index is 7.08. The highest BCUT2D eigenvalue weighted by atomic mass is 16.5. The number of hydrogen-bond donors (Lipinski definition) is 2. The van der Waals surface area contributed by atoms with Gasteiger partial charge in [-0.3, -0.25) is 0 Å². The molecule has 8 bridgehead atoms. The molecule has 0 amide bonds. The van der Waals surface area contributed by atoms with E-state index in [-0.39, 0.29) is 26.4 Å². The number of aromatic amines is 2. The highest BCUT2D eigenvalue weighted by Crippen LogP contribution is 2.51. The van der Waals surface area contributed by atoms with Crippen molar-refractivity contribution in [2.75, 3.05) is 13.2 Å². The zero-order valence-electron chi connectivity index (χ0n) is 52.1. The van der Waals surface area contributed by atoms with Gasteiger partial charge in [-0.05, 0) is 82.3 Å². The van der Waals surface area contributed by atoms with Crippen LogP contribution in [0.5, 0.6) is 34.5 Å². The molecule has 2 N–H and O–H groups in total. The van der Waals surface area contributed by atoms with Crippen molar-refractivity contribution < 1.29 is 28.4 Å². The van der Waals surface area contributed by atoms with E-state index >= 15 is 0 Å². The summed E-state index contributed by atoms with van der Waals surface area (Å²) in [5.74, 6) is 3.82. The molecule has 0 fully saturated rings. The third-order valence-electron chi connectivity index (χ3n) is 18.3. The highest BCUT2D eigenvalue weighted by Gasteiger charge is 2.34. The van der Waals surface area contributed by atoms with Gasteiger partial charge >= 0.3 is 0 Å². The number of ether oxygens (including phenoxy) is 6. The van der Waals surface area contributed by atoms with Crippen LogP contribution in [0.1, 0.15) is 73.2 Å². The molecule has 0 unspecified atom stereocenters. The van der Waals surface area contributed by atoms with Crippen LogP contribution in [-0.2, 0) is 26.4 Å². The Morgan fingerprint density at radius 1 is 0.351 bits per heavy atom. The van der Waals surface area contributed by atoms with E-state index in [1.807, 2.05) is 48.5 Å². The monoisotopic (exact) mass is 1230 g/mol. The Kier molecular flexibility index (Phi) is 14.4. The molecule has 0 atom stereocenters. The molecule has 4 aromatic heterocycles. The van der Waals surface area contributed by atoms with Crippen LogP contribution in [0, 0.1) is 0 Å². The molecule has 13 aromatic rings. The minimum Gasteiger partial charge on any atom is -0.493 e. The SMILES string of the molecule is CCCCOc1c2c(c(OCCCC)c3c1COc1c(c4ccccc4c4ccccc14)OC3)COc1cc3nc4c(nc3cc1OC2)-c1nc-4c(-c2ccccc2)c2ccc([nH]2)c(-c2ccccc2)c2nc(c(-c3ccccc3)c3ccc([nH]3)c1-c1ccccc1)C=C2. The standard InChI is InChI=1S/C82H64N6O6/c1-3-5-41-89-79-57-45-91-69-43-67-68(44-70(69)92-46-58(57)80(90-42-6-4-2)60-48-94-82-56-34-22-20-32-54(56)53-31-19-21-33-55(53)81(82)93-47-59(60)79)87-78-76-74(52-29-17-10-18-30-52)66-40-38-64(85-66)72(50-25-13-8-14-26-50)62-36-35-61(83-62)71(49-23-11-7-12-24-49)63-37-39-65(84-63)73(51-27-15-9-16-28-51)75(88-76)77(78)86-67/h7-40,43-44,84-85H,3-6,41-42,45-48H2,1-2H3. The van der Waals surface area contributed by atoms with Gasteiger partial charge < -0.3 is 38.4 Å². The molecule has 12 nitrogen and oxygen atoms in total. The van der Waals surface area contributed by atoms with Crippen LogP contribution in [0.15, 0.2) is 206 Å². The van der Waals surface area contributed by atoms with Gasteiger partial charge in [0.2, 0.25) is 0 Å². The number of aromatic nitrogens is 6. The zero-order chi connectivity index (χ0) is 62.6. The van der Waals surface area contributed by atoms with Crippen LogP contribution in [0.4, 0.5) is 0 Å². The van der Waals surface area contributed by atoms with E-state index in [1.165, 1.54) is 0 Å². The van der Waals surface area contributed by atoms with Gasteiger partial charge in [-0.25, -0.2) is 19.9 Å². The number of benzene rings is 9. The number of unbranched alkanes of at least 4 members (excludes halogenated alkanes) is 2. The Bertz CT molecular complexity index is 5030. The Hall–Kier alpha value is -11.5. The summed E-state index contributed by atoms with van der Waals surface area (Å²) in [6, 6.07) is 71.0. The van der Waals surface area contributed by atoms with Gasteiger partial charge in [0, 0.05) is 89.5 Å². The molecule has 94 heavy (non-hydrogen) atoms. The summed E-state index contributed by atoms with van der Waals surface area (Å²) >= 11 is 0. The number of rotatable bonds is 12. The van der Waals surface area contributed by atoms with Gasteiger partial charge in [0.15, 0.2) is 23.0 Å². The predicted molar refractivity (Wildman–Crippen MR) is 375 cm³/mol. The normalized spacial score (nSPS) is 13.0. The lowest BCUT2D eigenvalue weighted by atomic mass is 9.94. The van der Waals surface area contributed by atoms with Gasteiger partial charge in [-0.2, -0.15) is 0 Å². The highest BCUT2D eigenvalue weighted by molar-refractivity contribution is 6.14. The molecule has 17 rings (SSSR count). The Morgan fingerprint density at radius 3 is 1.07 bits per heavy atom. The first-order valence-corrected chi connectivity index (χ1v) is 32.5. The number of fused-ring (bicyclic) bond motifs is 21. The lowest BCUT2D eigenvalue weighted by Crippen LogP contribution is -2.20. The minimum absolute atomic E-state index is 0.144. The fourth-order valence-corrected chi connectivity index (χ4v) is 13.8. The van der Waals surface area contributed by atoms with E-state index in [0.29, 0.717) is 81.5 Å². The third-order valence-corrected chi connectivity index (χ3v) is 18.3. The first-order valence-electron chi connectivity index (χ1n) is 32.5. The van der Waals surface area contributed by atoms with Crippen LogP contribution in [0.2, 0.25) is 0 Å². The Balaban J connectivity index is 0.878. The molecule has 9 aromatic carbocycles. The predicted octanol–water partition coefficient (Wildman–Crippen LogP) is 20.0. The smallest absolute Gasteiger partial charge is 0.170 e. The van der Waals surface area contributed by atoms with E-state index in [1.54, 1.807) is 0 Å². The molecule has 0 saturated carbocycles. The molecular weight excluding hydrogens is 1160 g/mol. The summed E-state index contributed by atoms with van der Waals surface area (Å²) in [6.45, 7) is 6.04. The van der Waals surface area contributed by atoms with E-state index < -0.39 is 0 Å².